The maximum absolute atomic E-state index is 12.3. The van der Waals surface area contributed by atoms with Gasteiger partial charge in [-0.25, -0.2) is 8.78 Å². The standard InChI is InChI=1S/C7H11F2NO2/c1-10(2-3-11)6(12)5-4-7(5,8)9/h5,11H,2-4H2,1H3. The van der Waals surface area contributed by atoms with Gasteiger partial charge in [-0.1, -0.05) is 0 Å². The molecule has 1 rings (SSSR count). The predicted molar refractivity (Wildman–Crippen MR) is 37.8 cm³/mol. The Bertz CT molecular complexity index is 196. The number of halogens is 2. The van der Waals surface area contributed by atoms with Crippen molar-refractivity contribution in [3.63, 3.8) is 0 Å². The van der Waals surface area contributed by atoms with Crippen molar-refractivity contribution >= 4 is 5.91 Å². The summed E-state index contributed by atoms with van der Waals surface area (Å²) in [5.41, 5.74) is 0. The SMILES string of the molecule is CN(CCO)C(=O)C1CC1(F)F. The fourth-order valence-corrected chi connectivity index (χ4v) is 1.01. The second-order valence-corrected chi connectivity index (χ2v) is 3.00. The van der Waals surface area contributed by atoms with E-state index in [9.17, 15) is 13.6 Å². The number of carbonyl (C=O) groups is 1. The average molecular weight is 179 g/mol. The van der Waals surface area contributed by atoms with Crippen molar-refractivity contribution in [2.75, 3.05) is 20.2 Å². The lowest BCUT2D eigenvalue weighted by atomic mass is 10.3. The Labute approximate surface area is 69.0 Å². The molecule has 0 aromatic heterocycles. The summed E-state index contributed by atoms with van der Waals surface area (Å²) in [5, 5.41) is 8.44. The smallest absolute Gasteiger partial charge is 0.260 e. The Kier molecular flexibility index (Phi) is 2.32. The van der Waals surface area contributed by atoms with Crippen LogP contribution in [-0.4, -0.2) is 42.0 Å². The molecule has 1 aliphatic carbocycles. The summed E-state index contributed by atoms with van der Waals surface area (Å²) in [4.78, 5) is 12.2. The van der Waals surface area contributed by atoms with E-state index >= 15 is 0 Å². The zero-order chi connectivity index (χ0) is 9.35. The highest BCUT2D eigenvalue weighted by atomic mass is 19.3. The predicted octanol–water partition coefficient (Wildman–Crippen LogP) is 0.0923. The molecule has 1 amide bonds. The third-order valence-electron chi connectivity index (χ3n) is 1.94. The molecule has 0 saturated heterocycles. The maximum atomic E-state index is 12.3. The highest BCUT2D eigenvalue weighted by molar-refractivity contribution is 5.82. The molecule has 1 atom stereocenters. The van der Waals surface area contributed by atoms with Crippen molar-refractivity contribution < 1.29 is 18.7 Å². The number of likely N-dealkylation sites (N-methyl/N-ethyl adjacent to an activating group) is 1. The minimum Gasteiger partial charge on any atom is -0.395 e. The Hall–Kier alpha value is -0.710. The van der Waals surface area contributed by atoms with Crippen molar-refractivity contribution in [2.24, 2.45) is 5.92 Å². The van der Waals surface area contributed by atoms with Crippen LogP contribution < -0.4 is 0 Å². The van der Waals surface area contributed by atoms with Gasteiger partial charge in [0.1, 0.15) is 5.92 Å². The lowest BCUT2D eigenvalue weighted by Gasteiger charge is -2.14. The highest BCUT2D eigenvalue weighted by Crippen LogP contribution is 2.49. The van der Waals surface area contributed by atoms with Crippen molar-refractivity contribution in [1.82, 2.24) is 4.90 Å². The number of alkyl halides is 2. The summed E-state index contributed by atoms with van der Waals surface area (Å²) in [6.45, 7) is -0.0774. The number of rotatable bonds is 3. The Morgan fingerprint density at radius 1 is 1.75 bits per heavy atom. The Morgan fingerprint density at radius 2 is 2.25 bits per heavy atom. The molecule has 0 spiro atoms. The van der Waals surface area contributed by atoms with Gasteiger partial charge in [0, 0.05) is 20.0 Å². The molecule has 1 N–H and O–H groups in total. The van der Waals surface area contributed by atoms with Gasteiger partial charge in [-0.3, -0.25) is 4.79 Å². The van der Waals surface area contributed by atoms with Crippen LogP contribution in [0.5, 0.6) is 0 Å². The minimum absolute atomic E-state index is 0.116. The molecule has 0 heterocycles. The highest BCUT2D eigenvalue weighted by Gasteiger charge is 2.61. The maximum Gasteiger partial charge on any atom is 0.260 e. The van der Waals surface area contributed by atoms with E-state index in [1.165, 1.54) is 7.05 Å². The number of nitrogens with zero attached hydrogens (tertiary/aromatic N) is 1. The summed E-state index contributed by atoms with van der Waals surface area (Å²) >= 11 is 0. The third-order valence-corrected chi connectivity index (χ3v) is 1.94. The van der Waals surface area contributed by atoms with Crippen LogP contribution in [0.15, 0.2) is 0 Å². The second kappa shape index (κ2) is 2.97. The summed E-state index contributed by atoms with van der Waals surface area (Å²) in [6, 6.07) is 0. The van der Waals surface area contributed by atoms with E-state index in [1.807, 2.05) is 0 Å². The molecule has 0 radical (unpaired) electrons. The molecule has 1 aliphatic rings. The summed E-state index contributed by atoms with van der Waals surface area (Å²) in [7, 11) is 1.41. The van der Waals surface area contributed by atoms with Gasteiger partial charge in [-0.15, -0.1) is 0 Å². The molecule has 1 unspecified atom stereocenters. The van der Waals surface area contributed by atoms with E-state index in [1.54, 1.807) is 0 Å². The first-order valence-corrected chi connectivity index (χ1v) is 3.72. The van der Waals surface area contributed by atoms with E-state index in [0.29, 0.717) is 0 Å². The van der Waals surface area contributed by atoms with Crippen molar-refractivity contribution in [3.05, 3.63) is 0 Å². The Balaban J connectivity index is 2.39. The van der Waals surface area contributed by atoms with Gasteiger partial charge in [0.05, 0.1) is 6.61 Å². The molecule has 0 aromatic carbocycles. The molecule has 5 heteroatoms. The van der Waals surface area contributed by atoms with E-state index in [2.05, 4.69) is 0 Å². The van der Waals surface area contributed by atoms with Gasteiger partial charge in [-0.05, 0) is 0 Å². The molecule has 12 heavy (non-hydrogen) atoms. The van der Waals surface area contributed by atoms with Gasteiger partial charge in [0.15, 0.2) is 0 Å². The minimum atomic E-state index is -2.80. The number of hydrogen-bond acceptors (Lipinski definition) is 2. The quantitative estimate of drug-likeness (QED) is 0.667. The molecular weight excluding hydrogens is 168 g/mol. The van der Waals surface area contributed by atoms with Gasteiger partial charge in [0.25, 0.3) is 5.92 Å². The van der Waals surface area contributed by atoms with E-state index in [4.69, 9.17) is 5.11 Å². The van der Waals surface area contributed by atoms with E-state index in [0.717, 1.165) is 4.90 Å². The molecule has 0 bridgehead atoms. The first-order chi connectivity index (χ1) is 5.49. The van der Waals surface area contributed by atoms with Crippen molar-refractivity contribution in [1.29, 1.82) is 0 Å². The van der Waals surface area contributed by atoms with E-state index in [-0.39, 0.29) is 19.6 Å². The second-order valence-electron chi connectivity index (χ2n) is 3.00. The third kappa shape index (κ3) is 1.72. The number of amides is 1. The summed E-state index contributed by atoms with van der Waals surface area (Å²) in [6.07, 6.45) is -0.346. The molecule has 0 aliphatic heterocycles. The Morgan fingerprint density at radius 3 is 2.58 bits per heavy atom. The van der Waals surface area contributed by atoms with Crippen LogP contribution in [0.1, 0.15) is 6.42 Å². The fourth-order valence-electron chi connectivity index (χ4n) is 1.01. The van der Waals surface area contributed by atoms with Crippen molar-refractivity contribution in [2.45, 2.75) is 12.3 Å². The number of hydrogen-bond donors (Lipinski definition) is 1. The molecule has 70 valence electrons. The van der Waals surface area contributed by atoms with Gasteiger partial charge in [0.2, 0.25) is 5.91 Å². The normalized spacial score (nSPS) is 25.2. The lowest BCUT2D eigenvalue weighted by Crippen LogP contribution is -2.32. The zero-order valence-electron chi connectivity index (χ0n) is 6.76. The van der Waals surface area contributed by atoms with Crippen LogP contribution in [0.3, 0.4) is 0 Å². The average Bonchev–Trinajstić information content (AvgIpc) is 2.59. The molecule has 1 fully saturated rings. The molecular formula is C7H11F2NO2. The first kappa shape index (κ1) is 9.38. The van der Waals surface area contributed by atoms with Gasteiger partial charge in [-0.2, -0.15) is 0 Å². The monoisotopic (exact) mass is 179 g/mol. The summed E-state index contributed by atoms with van der Waals surface area (Å²) in [5.74, 6) is -4.52. The fraction of sp³-hybridized carbons (Fsp3) is 0.857. The molecule has 3 nitrogen and oxygen atoms in total. The van der Waals surface area contributed by atoms with Crippen LogP contribution in [-0.2, 0) is 4.79 Å². The van der Waals surface area contributed by atoms with Crippen LogP contribution in [0.4, 0.5) is 8.78 Å². The zero-order valence-corrected chi connectivity index (χ0v) is 6.76. The number of aliphatic hydroxyl groups excluding tert-OH is 1. The first-order valence-electron chi connectivity index (χ1n) is 3.72. The molecule has 1 saturated carbocycles. The lowest BCUT2D eigenvalue weighted by molar-refractivity contribution is -0.133. The summed E-state index contributed by atoms with van der Waals surface area (Å²) < 4.78 is 24.7. The molecule has 0 aromatic rings. The van der Waals surface area contributed by atoms with Crippen LogP contribution in [0, 0.1) is 5.92 Å². The van der Waals surface area contributed by atoms with Gasteiger partial charge >= 0.3 is 0 Å². The van der Waals surface area contributed by atoms with Crippen LogP contribution in [0.2, 0.25) is 0 Å². The van der Waals surface area contributed by atoms with Crippen molar-refractivity contribution in [3.8, 4) is 0 Å². The number of aliphatic hydroxyl groups is 1. The van der Waals surface area contributed by atoms with Gasteiger partial charge < -0.3 is 10.0 Å². The van der Waals surface area contributed by atoms with E-state index < -0.39 is 17.7 Å². The van der Waals surface area contributed by atoms with Crippen LogP contribution >= 0.6 is 0 Å². The topological polar surface area (TPSA) is 40.5 Å². The van der Waals surface area contributed by atoms with Crippen LogP contribution in [0.25, 0.3) is 0 Å². The largest absolute Gasteiger partial charge is 0.395 e. The number of carbonyl (C=O) groups excluding carboxylic acids is 1.